The zero-order valence-electron chi connectivity index (χ0n) is 94.7. The number of fused-ring (bicyclic) bond motifs is 7. The van der Waals surface area contributed by atoms with E-state index in [0.29, 0.717) is 115 Å². The van der Waals surface area contributed by atoms with Gasteiger partial charge >= 0.3 is 59.7 Å². The minimum Gasteiger partial charge on any atom is -0.465 e. The summed E-state index contributed by atoms with van der Waals surface area (Å²) in [6, 6.07) is 0. The first kappa shape index (κ1) is 111. The second-order valence-electron chi connectivity index (χ2n) is 57.6. The van der Waals surface area contributed by atoms with E-state index in [1.165, 1.54) is 141 Å². The minimum absolute atomic E-state index is 0.0207. The van der Waals surface area contributed by atoms with Crippen LogP contribution in [0, 0.1) is 205 Å². The van der Waals surface area contributed by atoms with Gasteiger partial charge in [0.1, 0.15) is 52.4 Å². The number of carbonyl (C=O) groups is 10. The molecular formula is C125H196O22. The van der Waals surface area contributed by atoms with Crippen LogP contribution in [0.3, 0.4) is 0 Å². The Balaban J connectivity index is 0.000000110. The number of ether oxygens (including phenoxy) is 10. The van der Waals surface area contributed by atoms with Crippen molar-refractivity contribution in [1.29, 1.82) is 0 Å². The van der Waals surface area contributed by atoms with Crippen molar-refractivity contribution in [1.82, 2.24) is 0 Å². The van der Waals surface area contributed by atoms with Crippen LogP contribution in [0.2, 0.25) is 0 Å². The Hall–Kier alpha value is -5.38. The SMILES string of the molecule is CC1C2CC(C(=O)OC3(C4CCCCC4)CCCC3)C(C2)C1C.CC1C2CC(C1C)C1(COC(=O)C1)C2.CCC(C)(C)C(=O)OC1(CC)C2CC3CC(C2)CC1C3.CCC(C)(C)C(=O)OC12CC3CC(CC(O)(C3)C1)C2.CCC(C)(C)C(=O)OC1C2CC3C(=O)OC1C3C2.CCC(C)C(=O)OC1(C)C2CC3CC(C2)CC1C3.CCC(C)C(=O)OC12CC3CC(CC(O)(C3)C1)C2.CCC(C)C(=O)OC1C2CC3C(=O)OC1C3C2. The lowest BCUT2D eigenvalue weighted by molar-refractivity contribution is -0.226. The molecule has 29 rings (SSSR count). The Morgan fingerprint density at radius 3 is 1.24 bits per heavy atom. The lowest BCUT2D eigenvalue weighted by Crippen LogP contribution is -2.61. The first-order chi connectivity index (χ1) is 69.4. The van der Waals surface area contributed by atoms with E-state index in [1.54, 1.807) is 0 Å². The standard InChI is InChI=1S/C21H34O2.C18H30O2.C16H26O3.C16H26O2.C15H24O3.C14H20O4.C13H18O4.C12H18O2/c1-14-15(2)18-12-16(14)13-19(18)20(22)23-21(10-6-7-11-21)17-8-4-3-5-9-17;1-5-17(3,4)16(19)20-18(6-2)14-8-12-7-13(10-14)11-15(18)9-12;1-4-14(2,3)13(17)19-16-8-11-5-12(9-16)7-15(18,6-11)10-16;1-4-10(2)15(17)18-16(3)13-6-11-5-12(8-13)9-14(16)7-11;1-3-10(2)13(16)18-15-7-11-4-12(8-15)6-14(17,5-11)9-15;1-4-14(2,3)13(16)18-10-7-5-8-9(6-7)12(15)17-11(8)10;1-3-6(2)12(14)16-10-7-4-8-9(5-7)13(15)17-11(8)10;1-7-8(2)10-3-9(7)4-12(10)5-11(13)14-6-12/h14-19H,3-13H2,1-2H3;12-15H,5-11H2,1-4H3;11-12,18H,4-10H2,1-3H3;10-14H,4-9H2,1-3H3;10-12,17H,3-9H2,1-2H3;7-11H,4-6H2,1-3H3;6-11H,3-5H2,1-2H3;7-10H,3-6H2,1-2H3. The monoisotopic (exact) mass is 2050 g/mol. The summed E-state index contributed by atoms with van der Waals surface area (Å²) in [6.45, 7) is 44.3. The average molecular weight is 2050 g/mol. The molecule has 27 atom stereocenters. The molecule has 27 unspecified atom stereocenters. The molecule has 26 saturated carbocycles. The van der Waals surface area contributed by atoms with Crippen LogP contribution >= 0.6 is 0 Å². The number of cyclic esters (lactones) is 1. The maximum atomic E-state index is 13.1. The van der Waals surface area contributed by atoms with Crippen molar-refractivity contribution in [3.8, 4) is 0 Å². The van der Waals surface area contributed by atoms with Crippen molar-refractivity contribution in [3.63, 3.8) is 0 Å². The molecule has 0 aromatic rings. The van der Waals surface area contributed by atoms with Gasteiger partial charge in [-0.2, -0.15) is 0 Å². The largest absolute Gasteiger partial charge is 0.465 e. The second-order valence-corrected chi connectivity index (χ2v) is 57.6. The zero-order valence-corrected chi connectivity index (χ0v) is 94.7. The van der Waals surface area contributed by atoms with Gasteiger partial charge in [0.2, 0.25) is 0 Å². The maximum Gasteiger partial charge on any atom is 0.312 e. The van der Waals surface area contributed by atoms with Crippen LogP contribution in [0.15, 0.2) is 0 Å². The van der Waals surface area contributed by atoms with E-state index in [9.17, 15) is 58.2 Å². The maximum absolute atomic E-state index is 13.1. The van der Waals surface area contributed by atoms with Crippen molar-refractivity contribution < 1.29 is 106 Å². The number of carbonyl (C=O) groups excluding carboxylic acids is 10. The van der Waals surface area contributed by atoms with Crippen LogP contribution in [-0.2, 0) is 95.3 Å². The van der Waals surface area contributed by atoms with Gasteiger partial charge in [0.15, 0.2) is 0 Å². The number of aliphatic hydroxyl groups is 2. The molecule has 29 fully saturated rings. The predicted molar refractivity (Wildman–Crippen MR) is 559 cm³/mol. The highest BCUT2D eigenvalue weighted by Crippen LogP contribution is 2.68. The van der Waals surface area contributed by atoms with Gasteiger partial charge in [-0.1, -0.05) is 116 Å². The van der Waals surface area contributed by atoms with Crippen LogP contribution in [0.5, 0.6) is 0 Å². The summed E-state index contributed by atoms with van der Waals surface area (Å²) in [7, 11) is 0. The molecule has 26 aliphatic carbocycles. The van der Waals surface area contributed by atoms with Crippen LogP contribution < -0.4 is 0 Å². The first-order valence-corrected chi connectivity index (χ1v) is 61.0. The van der Waals surface area contributed by atoms with Crippen LogP contribution in [-0.4, -0.2) is 140 Å². The van der Waals surface area contributed by atoms with E-state index in [2.05, 4.69) is 55.4 Å². The van der Waals surface area contributed by atoms with Crippen molar-refractivity contribution in [2.75, 3.05) is 6.61 Å². The molecule has 0 radical (unpaired) electrons. The topological polar surface area (TPSA) is 303 Å². The number of hydrogen-bond acceptors (Lipinski definition) is 22. The van der Waals surface area contributed by atoms with Crippen LogP contribution in [0.4, 0.5) is 0 Å². The fraction of sp³-hybridized carbons (Fsp3) is 0.920. The van der Waals surface area contributed by atoms with E-state index in [4.69, 9.17) is 47.4 Å². The third-order valence-electron chi connectivity index (χ3n) is 47.2. The summed E-state index contributed by atoms with van der Waals surface area (Å²) >= 11 is 0. The normalized spacial score (nSPS) is 45.2. The summed E-state index contributed by atoms with van der Waals surface area (Å²) in [5, 5.41) is 21.2. The van der Waals surface area contributed by atoms with E-state index < -0.39 is 22.0 Å². The first-order valence-electron chi connectivity index (χ1n) is 61.0. The molecule has 22 nitrogen and oxygen atoms in total. The van der Waals surface area contributed by atoms with Crippen LogP contribution in [0.1, 0.15) is 447 Å². The summed E-state index contributed by atoms with van der Waals surface area (Å²) in [5.41, 5.74) is -3.08. The molecule has 147 heavy (non-hydrogen) atoms. The molecule has 0 aromatic heterocycles. The third-order valence-corrected chi connectivity index (χ3v) is 47.2. The summed E-state index contributed by atoms with van der Waals surface area (Å²) < 4.78 is 57.7. The number of rotatable bonds is 22. The summed E-state index contributed by atoms with van der Waals surface area (Å²) in [4.78, 5) is 121. The summed E-state index contributed by atoms with van der Waals surface area (Å²) in [6.07, 6.45) is 50.6. The predicted octanol–water partition coefficient (Wildman–Crippen LogP) is 25.1. The van der Waals surface area contributed by atoms with Gasteiger partial charge in [-0.25, -0.2) is 0 Å². The Morgan fingerprint density at radius 2 is 0.823 bits per heavy atom. The fourth-order valence-electron chi connectivity index (χ4n) is 37.4. The van der Waals surface area contributed by atoms with Crippen molar-refractivity contribution in [2.24, 2.45) is 205 Å². The molecule has 828 valence electrons. The molecule has 1 spiro atoms. The molecule has 3 aliphatic heterocycles. The molecule has 3 saturated heterocycles. The number of hydrogen-bond donors (Lipinski definition) is 2. The lowest BCUT2D eigenvalue weighted by atomic mass is 9.49. The Bertz CT molecular complexity index is 4640. The fourth-order valence-corrected chi connectivity index (χ4v) is 37.4. The van der Waals surface area contributed by atoms with Gasteiger partial charge in [0.05, 0.1) is 76.0 Å². The molecule has 0 amide bonds. The molecule has 3 heterocycles. The Labute approximate surface area is 882 Å². The molecule has 22 heteroatoms. The Kier molecular flexibility index (Phi) is 32.3. The highest BCUT2D eigenvalue weighted by atomic mass is 16.6. The Morgan fingerprint density at radius 1 is 0.401 bits per heavy atom. The molecule has 2 N–H and O–H groups in total. The van der Waals surface area contributed by atoms with Crippen molar-refractivity contribution >= 4 is 59.7 Å². The lowest BCUT2D eigenvalue weighted by Gasteiger charge is -2.60. The van der Waals surface area contributed by atoms with Gasteiger partial charge in [0, 0.05) is 41.9 Å². The van der Waals surface area contributed by atoms with E-state index in [0.717, 1.165) is 200 Å². The van der Waals surface area contributed by atoms with E-state index in [1.807, 2.05) is 90.0 Å². The minimum atomic E-state index is -0.555. The van der Waals surface area contributed by atoms with Gasteiger partial charge < -0.3 is 57.6 Å². The molecule has 29 aliphatic rings. The van der Waals surface area contributed by atoms with Gasteiger partial charge in [-0.05, 0) is 436 Å². The van der Waals surface area contributed by atoms with Gasteiger partial charge in [-0.3, -0.25) is 47.9 Å². The van der Waals surface area contributed by atoms with Crippen molar-refractivity contribution in [3.05, 3.63) is 0 Å². The summed E-state index contributed by atoms with van der Waals surface area (Å²) in [5.74, 6) is 16.7. The quantitative estimate of drug-likeness (QED) is 0.0751. The van der Waals surface area contributed by atoms with E-state index >= 15 is 0 Å². The second kappa shape index (κ2) is 42.6. The van der Waals surface area contributed by atoms with E-state index in [-0.39, 0.29) is 158 Å². The zero-order chi connectivity index (χ0) is 105. The smallest absolute Gasteiger partial charge is 0.312 e. The van der Waals surface area contributed by atoms with Gasteiger partial charge in [0.25, 0.3) is 0 Å². The molecule has 24 bridgehead atoms. The highest BCUT2D eigenvalue weighted by Gasteiger charge is 2.69. The third kappa shape index (κ3) is 21.7. The molecule has 0 aromatic carbocycles. The molecular weight excluding hydrogens is 1850 g/mol. The van der Waals surface area contributed by atoms with Gasteiger partial charge in [-0.15, -0.1) is 0 Å². The average Bonchev–Trinajstić information content (AvgIpc) is 1.72. The van der Waals surface area contributed by atoms with Crippen molar-refractivity contribution in [2.45, 2.75) is 511 Å². The highest BCUT2D eigenvalue weighted by molar-refractivity contribution is 5.81. The van der Waals surface area contributed by atoms with Crippen LogP contribution in [0.25, 0.3) is 0 Å². The number of esters is 10.